The van der Waals surface area contributed by atoms with Crippen LogP contribution in [0.5, 0.6) is 0 Å². The number of hydrogen-bond donors (Lipinski definition) is 2. The number of amides is 1. The zero-order valence-electron chi connectivity index (χ0n) is 9.94. The highest BCUT2D eigenvalue weighted by Gasteiger charge is 2.14. The van der Waals surface area contributed by atoms with Crippen LogP contribution in [-0.4, -0.2) is 17.4 Å². The number of nitrogens with one attached hydrogen (secondary N) is 1. The Bertz CT molecular complexity index is 566. The molecule has 19 heavy (non-hydrogen) atoms. The van der Waals surface area contributed by atoms with Gasteiger partial charge in [0.25, 0.3) is 0 Å². The number of nitrogens with two attached hydrogens (primary N) is 1. The van der Waals surface area contributed by atoms with E-state index in [1.165, 1.54) is 0 Å². The topological polar surface area (TPSA) is 68.0 Å². The summed E-state index contributed by atoms with van der Waals surface area (Å²) in [6.45, 7) is 1.90. The predicted molar refractivity (Wildman–Crippen MR) is 73.6 cm³/mol. The zero-order valence-corrected chi connectivity index (χ0v) is 11.6. The number of carbonyl (C=O) groups is 1. The molecule has 0 saturated heterocycles. The second-order valence-electron chi connectivity index (χ2n) is 3.88. The maximum absolute atomic E-state index is 13.0. The molecule has 1 unspecified atom stereocenters. The van der Waals surface area contributed by atoms with Gasteiger partial charge in [0, 0.05) is 18.5 Å². The predicted octanol–water partition coefficient (Wildman–Crippen LogP) is 2.53. The third-order valence-electron chi connectivity index (χ3n) is 2.46. The fraction of sp³-hybridized carbons (Fsp3) is 0.273. The largest absolute Gasteiger partial charge is 0.330 e. The van der Waals surface area contributed by atoms with Crippen LogP contribution in [0.3, 0.4) is 0 Å². The van der Waals surface area contributed by atoms with Crippen molar-refractivity contribution < 1.29 is 13.6 Å². The molecule has 0 fully saturated rings. The van der Waals surface area contributed by atoms with E-state index >= 15 is 0 Å². The summed E-state index contributed by atoms with van der Waals surface area (Å²) in [7, 11) is 0. The van der Waals surface area contributed by atoms with Gasteiger partial charge in [0.15, 0.2) is 16.8 Å². The summed E-state index contributed by atoms with van der Waals surface area (Å²) in [4.78, 5) is 15.6. The number of halogens is 3. The van der Waals surface area contributed by atoms with Crippen LogP contribution >= 0.6 is 23.7 Å². The summed E-state index contributed by atoms with van der Waals surface area (Å²) in [6, 6.07) is 2.06. The van der Waals surface area contributed by atoms with Gasteiger partial charge in [-0.25, -0.2) is 13.8 Å². The molecule has 1 aromatic carbocycles. The van der Waals surface area contributed by atoms with Crippen LogP contribution in [0.15, 0.2) is 12.1 Å². The van der Waals surface area contributed by atoms with Gasteiger partial charge in [-0.2, -0.15) is 0 Å². The van der Waals surface area contributed by atoms with E-state index < -0.39 is 11.6 Å². The molecular weight excluding hydrogens is 296 g/mol. The third kappa shape index (κ3) is 3.37. The van der Waals surface area contributed by atoms with Crippen LogP contribution in [0.2, 0.25) is 0 Å². The van der Waals surface area contributed by atoms with E-state index in [1.54, 1.807) is 6.92 Å². The molecule has 1 aromatic heterocycles. The highest BCUT2D eigenvalue weighted by Crippen LogP contribution is 2.27. The summed E-state index contributed by atoms with van der Waals surface area (Å²) >= 11 is 1.09. The van der Waals surface area contributed by atoms with Gasteiger partial charge in [-0.1, -0.05) is 18.3 Å². The van der Waals surface area contributed by atoms with Crippen LogP contribution in [0.25, 0.3) is 10.2 Å². The monoisotopic (exact) mass is 307 g/mol. The summed E-state index contributed by atoms with van der Waals surface area (Å²) in [6.07, 6.45) is 0. The van der Waals surface area contributed by atoms with Gasteiger partial charge in [-0.15, -0.1) is 12.4 Å². The molecule has 2 rings (SSSR count). The maximum atomic E-state index is 13.0. The van der Waals surface area contributed by atoms with Crippen LogP contribution in [-0.2, 0) is 4.79 Å². The summed E-state index contributed by atoms with van der Waals surface area (Å²) < 4.78 is 26.5. The number of fused-ring (bicyclic) bond motifs is 1. The van der Waals surface area contributed by atoms with Gasteiger partial charge in [-0.3, -0.25) is 4.79 Å². The van der Waals surface area contributed by atoms with Crippen molar-refractivity contribution in [2.45, 2.75) is 6.92 Å². The highest BCUT2D eigenvalue weighted by molar-refractivity contribution is 7.22. The molecule has 8 heteroatoms. The number of rotatable bonds is 3. The summed E-state index contributed by atoms with van der Waals surface area (Å²) in [5.41, 5.74) is 5.68. The first-order chi connectivity index (χ1) is 8.51. The molecule has 0 radical (unpaired) electrons. The minimum Gasteiger partial charge on any atom is -0.330 e. The first-order valence-electron chi connectivity index (χ1n) is 5.27. The fourth-order valence-electron chi connectivity index (χ4n) is 1.31. The second-order valence-corrected chi connectivity index (χ2v) is 4.91. The van der Waals surface area contributed by atoms with Crippen molar-refractivity contribution in [2.24, 2.45) is 11.7 Å². The van der Waals surface area contributed by atoms with Gasteiger partial charge in [0.1, 0.15) is 0 Å². The van der Waals surface area contributed by atoms with Crippen molar-refractivity contribution in [3.63, 3.8) is 0 Å². The normalized spacial score (nSPS) is 12.0. The lowest BCUT2D eigenvalue weighted by Crippen LogP contribution is -2.26. The molecular formula is C11H12ClF2N3OS. The Morgan fingerprint density at radius 3 is 2.74 bits per heavy atom. The Balaban J connectivity index is 0.00000180. The number of thiazole rings is 1. The maximum Gasteiger partial charge on any atom is 0.230 e. The van der Waals surface area contributed by atoms with Crippen LogP contribution in [0, 0.1) is 17.6 Å². The average molecular weight is 308 g/mol. The zero-order chi connectivity index (χ0) is 13.3. The molecule has 2 aromatic rings. The van der Waals surface area contributed by atoms with Gasteiger partial charge in [0.05, 0.1) is 10.2 Å². The van der Waals surface area contributed by atoms with Crippen LogP contribution in [0.1, 0.15) is 6.92 Å². The van der Waals surface area contributed by atoms with Crippen molar-refractivity contribution in [1.29, 1.82) is 0 Å². The minimum absolute atomic E-state index is 0. The molecule has 0 spiro atoms. The molecule has 0 aliphatic rings. The average Bonchev–Trinajstić information content (AvgIpc) is 2.70. The third-order valence-corrected chi connectivity index (χ3v) is 3.40. The Labute approximate surface area is 118 Å². The van der Waals surface area contributed by atoms with E-state index in [1.807, 2.05) is 0 Å². The molecule has 0 aliphatic carbocycles. The van der Waals surface area contributed by atoms with E-state index in [2.05, 4.69) is 10.3 Å². The quantitative estimate of drug-likeness (QED) is 0.915. The standard InChI is InChI=1S/C11H11F2N3OS.ClH/c1-5(4-14)10(17)16-11-15-8-2-6(12)7(13)3-9(8)18-11;/h2-3,5H,4,14H2,1H3,(H,15,16,17);1H. The lowest BCUT2D eigenvalue weighted by molar-refractivity contribution is -0.119. The van der Waals surface area contributed by atoms with E-state index in [-0.39, 0.29) is 30.8 Å². The fourth-order valence-corrected chi connectivity index (χ4v) is 2.19. The summed E-state index contributed by atoms with van der Waals surface area (Å²) in [5.74, 6) is -2.50. The Morgan fingerprint density at radius 1 is 1.47 bits per heavy atom. The summed E-state index contributed by atoms with van der Waals surface area (Å²) in [5, 5.41) is 2.87. The number of carbonyl (C=O) groups excluding carboxylic acids is 1. The highest BCUT2D eigenvalue weighted by atomic mass is 35.5. The van der Waals surface area contributed by atoms with E-state index in [4.69, 9.17) is 5.73 Å². The smallest absolute Gasteiger partial charge is 0.230 e. The van der Waals surface area contributed by atoms with Crippen LogP contribution in [0.4, 0.5) is 13.9 Å². The molecule has 4 nitrogen and oxygen atoms in total. The number of anilines is 1. The molecule has 3 N–H and O–H groups in total. The first kappa shape index (κ1) is 15.7. The van der Waals surface area contributed by atoms with E-state index in [9.17, 15) is 13.6 Å². The van der Waals surface area contributed by atoms with Gasteiger partial charge >= 0.3 is 0 Å². The number of hydrogen-bond acceptors (Lipinski definition) is 4. The van der Waals surface area contributed by atoms with Crippen molar-refractivity contribution in [3.05, 3.63) is 23.8 Å². The number of nitrogens with zero attached hydrogens (tertiary/aromatic N) is 1. The molecule has 1 amide bonds. The number of aromatic nitrogens is 1. The lowest BCUT2D eigenvalue weighted by atomic mass is 10.2. The SMILES string of the molecule is CC(CN)C(=O)Nc1nc2cc(F)c(F)cc2s1.Cl. The van der Waals surface area contributed by atoms with Crippen LogP contribution < -0.4 is 11.1 Å². The van der Waals surface area contributed by atoms with Crippen molar-refractivity contribution in [1.82, 2.24) is 4.98 Å². The Hall–Kier alpha value is -1.31. The molecule has 0 saturated carbocycles. The first-order valence-corrected chi connectivity index (χ1v) is 6.09. The van der Waals surface area contributed by atoms with E-state index in [0.717, 1.165) is 23.5 Å². The molecule has 1 heterocycles. The second kappa shape index (κ2) is 6.23. The van der Waals surface area contributed by atoms with Crippen molar-refractivity contribution in [2.75, 3.05) is 11.9 Å². The van der Waals surface area contributed by atoms with E-state index in [0.29, 0.717) is 15.3 Å². The minimum atomic E-state index is -0.957. The molecule has 0 aliphatic heterocycles. The number of benzene rings is 1. The van der Waals surface area contributed by atoms with Gasteiger partial charge in [-0.05, 0) is 6.07 Å². The molecule has 0 bridgehead atoms. The Morgan fingerprint density at radius 2 is 2.11 bits per heavy atom. The molecule has 1 atom stereocenters. The lowest BCUT2D eigenvalue weighted by Gasteiger charge is -2.06. The molecule has 104 valence electrons. The Kier molecular flexibility index (Phi) is 5.16. The van der Waals surface area contributed by atoms with Gasteiger partial charge in [0.2, 0.25) is 5.91 Å². The van der Waals surface area contributed by atoms with Crippen molar-refractivity contribution in [3.8, 4) is 0 Å². The van der Waals surface area contributed by atoms with Crippen molar-refractivity contribution >= 4 is 45.0 Å². The van der Waals surface area contributed by atoms with Gasteiger partial charge < -0.3 is 11.1 Å².